The van der Waals surface area contributed by atoms with Crippen molar-refractivity contribution in [3.8, 4) is 23.0 Å². The Bertz CT molecular complexity index is 1500. The fourth-order valence-electron chi connectivity index (χ4n) is 5.71. The van der Waals surface area contributed by atoms with Crippen molar-refractivity contribution in [2.75, 3.05) is 46.0 Å². The van der Waals surface area contributed by atoms with E-state index in [4.69, 9.17) is 18.9 Å². The van der Waals surface area contributed by atoms with E-state index in [0.717, 1.165) is 25.2 Å². The van der Waals surface area contributed by atoms with Gasteiger partial charge in [-0.2, -0.15) is 0 Å². The molecule has 1 fully saturated rings. The van der Waals surface area contributed by atoms with Gasteiger partial charge >= 0.3 is 0 Å². The van der Waals surface area contributed by atoms with Gasteiger partial charge in [0.05, 0.1) is 32.3 Å². The number of nitrogens with one attached hydrogen (secondary N) is 1. The van der Waals surface area contributed by atoms with E-state index in [0.29, 0.717) is 68.0 Å². The Balaban J connectivity index is 1.53. The van der Waals surface area contributed by atoms with Crippen molar-refractivity contribution in [2.45, 2.75) is 39.8 Å². The van der Waals surface area contributed by atoms with Crippen molar-refractivity contribution < 1.29 is 38.5 Å². The highest BCUT2D eigenvalue weighted by atomic mass is 16.6. The summed E-state index contributed by atoms with van der Waals surface area (Å²) in [6.07, 6.45) is 0.689. The average Bonchev–Trinajstić information content (AvgIpc) is 3.31. The number of benzene rings is 3. The minimum Gasteiger partial charge on any atom is -0.872 e. The molecule has 2 aliphatic heterocycles. The number of Topliss-reactive ketones (excluding diaryl/α,β-unsaturated/α-hetero) is 1. The number of amides is 1. The molecule has 9 heteroatoms. The summed E-state index contributed by atoms with van der Waals surface area (Å²) >= 11 is 0. The second kappa shape index (κ2) is 14.3. The van der Waals surface area contributed by atoms with Gasteiger partial charge in [-0.15, -0.1) is 0 Å². The maximum absolute atomic E-state index is 14.0. The first-order valence-corrected chi connectivity index (χ1v) is 15.4. The molecule has 0 aromatic heterocycles. The molecular weight excluding hydrogens is 560 g/mol. The number of ether oxygens (including phenoxy) is 4. The number of carbonyl (C=O) groups excluding carboxylic acids is 2. The van der Waals surface area contributed by atoms with Gasteiger partial charge in [0.15, 0.2) is 23.0 Å². The van der Waals surface area contributed by atoms with Crippen LogP contribution in [0.25, 0.3) is 5.76 Å². The van der Waals surface area contributed by atoms with E-state index in [9.17, 15) is 14.7 Å². The summed E-state index contributed by atoms with van der Waals surface area (Å²) in [5.41, 5.74) is 1.80. The predicted octanol–water partition coefficient (Wildman–Crippen LogP) is 2.97. The van der Waals surface area contributed by atoms with Crippen molar-refractivity contribution >= 4 is 17.4 Å². The highest BCUT2D eigenvalue weighted by Crippen LogP contribution is 2.42. The molecule has 1 N–H and O–H groups in total. The Morgan fingerprint density at radius 3 is 2.39 bits per heavy atom. The third-order valence-corrected chi connectivity index (χ3v) is 8.08. The summed E-state index contributed by atoms with van der Waals surface area (Å²) < 4.78 is 23.3. The van der Waals surface area contributed by atoms with Crippen LogP contribution in [0.3, 0.4) is 0 Å². The molecule has 1 unspecified atom stereocenters. The van der Waals surface area contributed by atoms with Crippen LogP contribution < -0.4 is 29.0 Å². The van der Waals surface area contributed by atoms with Gasteiger partial charge in [0.2, 0.25) is 5.78 Å². The molecule has 1 amide bonds. The molecule has 3 aromatic rings. The first kappa shape index (κ1) is 30.9. The Morgan fingerprint density at radius 2 is 1.66 bits per heavy atom. The van der Waals surface area contributed by atoms with E-state index in [-0.39, 0.29) is 11.1 Å². The average molecular weight is 601 g/mol. The lowest BCUT2D eigenvalue weighted by atomic mass is 9.94. The van der Waals surface area contributed by atoms with E-state index >= 15 is 0 Å². The third-order valence-electron chi connectivity index (χ3n) is 8.08. The molecular formula is C35H40N2O7. The maximum atomic E-state index is 14.0. The van der Waals surface area contributed by atoms with E-state index in [2.05, 4.69) is 13.8 Å². The topological polar surface area (TPSA) is 102 Å². The van der Waals surface area contributed by atoms with Crippen LogP contribution in [-0.4, -0.2) is 62.6 Å². The van der Waals surface area contributed by atoms with Gasteiger partial charge < -0.3 is 33.9 Å². The van der Waals surface area contributed by atoms with Crippen LogP contribution in [-0.2, 0) is 16.2 Å². The van der Waals surface area contributed by atoms with Gasteiger partial charge in [0, 0.05) is 18.5 Å². The summed E-state index contributed by atoms with van der Waals surface area (Å²) in [5, 5.41) is 14.0. The molecule has 9 nitrogen and oxygen atoms in total. The smallest absolute Gasteiger partial charge is 0.295 e. The molecule has 0 bridgehead atoms. The van der Waals surface area contributed by atoms with Gasteiger partial charge in [-0.05, 0) is 61.7 Å². The van der Waals surface area contributed by atoms with E-state index in [1.165, 1.54) is 9.80 Å². The molecule has 0 aliphatic carbocycles. The van der Waals surface area contributed by atoms with E-state index in [1.807, 2.05) is 37.3 Å². The largest absolute Gasteiger partial charge is 0.872 e. The standard InChI is InChI=1S/C35H40N2O7/c1-4-36(5-2)17-10-18-37-32(25-13-15-28(29(21-25)41-6-3)44-23-24-11-8-7-9-12-24)31(34(39)35(37)40)33(38)26-14-16-27-30(22-26)43-20-19-42-27/h7-9,11-16,21-22,32,38H,4-6,10,17-20,23H2,1-3H3/b33-31+. The summed E-state index contributed by atoms with van der Waals surface area (Å²) in [4.78, 5) is 30.0. The summed E-state index contributed by atoms with van der Waals surface area (Å²) in [6.45, 7) is 10.8. The quantitative estimate of drug-likeness (QED) is 0.183. The second-order valence-electron chi connectivity index (χ2n) is 10.8. The van der Waals surface area contributed by atoms with Crippen LogP contribution in [0.1, 0.15) is 49.9 Å². The molecule has 44 heavy (non-hydrogen) atoms. The summed E-state index contributed by atoms with van der Waals surface area (Å²) in [5.74, 6) is 0.0208. The molecule has 1 saturated heterocycles. The number of ketones is 1. The molecule has 0 radical (unpaired) electrons. The Hall–Kier alpha value is -4.50. The normalized spacial score (nSPS) is 17.3. The van der Waals surface area contributed by atoms with Gasteiger partial charge in [-0.3, -0.25) is 9.59 Å². The number of hydrogen-bond donors (Lipinski definition) is 1. The number of quaternary nitrogens is 1. The van der Waals surface area contributed by atoms with E-state index in [1.54, 1.807) is 36.4 Å². The Labute approximate surface area is 258 Å². The van der Waals surface area contributed by atoms with Crippen molar-refractivity contribution in [2.24, 2.45) is 0 Å². The zero-order valence-corrected chi connectivity index (χ0v) is 25.6. The molecule has 232 valence electrons. The first-order valence-electron chi connectivity index (χ1n) is 15.4. The molecule has 0 saturated carbocycles. The van der Waals surface area contributed by atoms with Crippen molar-refractivity contribution in [1.82, 2.24) is 4.90 Å². The van der Waals surface area contributed by atoms with Crippen LogP contribution in [0, 0.1) is 0 Å². The van der Waals surface area contributed by atoms with Gasteiger partial charge in [0.25, 0.3) is 5.91 Å². The van der Waals surface area contributed by atoms with Crippen LogP contribution >= 0.6 is 0 Å². The van der Waals surface area contributed by atoms with Crippen molar-refractivity contribution in [3.63, 3.8) is 0 Å². The molecule has 1 atom stereocenters. The van der Waals surface area contributed by atoms with Crippen molar-refractivity contribution in [1.29, 1.82) is 0 Å². The van der Waals surface area contributed by atoms with Crippen molar-refractivity contribution in [3.05, 3.63) is 89.0 Å². The number of fused-ring (bicyclic) bond motifs is 1. The Morgan fingerprint density at radius 1 is 0.909 bits per heavy atom. The van der Waals surface area contributed by atoms with E-state index < -0.39 is 23.5 Å². The minimum atomic E-state index is -0.871. The molecule has 2 aliphatic rings. The molecule has 2 heterocycles. The molecule has 0 spiro atoms. The number of nitrogens with zero attached hydrogens (tertiary/aromatic N) is 1. The predicted molar refractivity (Wildman–Crippen MR) is 164 cm³/mol. The number of carbonyl (C=O) groups is 2. The summed E-state index contributed by atoms with van der Waals surface area (Å²) in [6, 6.07) is 19.1. The van der Waals surface area contributed by atoms with Gasteiger partial charge in [-0.1, -0.05) is 48.2 Å². The second-order valence-corrected chi connectivity index (χ2v) is 10.8. The Kier molecular flexibility index (Phi) is 10.1. The lowest BCUT2D eigenvalue weighted by Gasteiger charge is -2.29. The lowest BCUT2D eigenvalue weighted by molar-refractivity contribution is -0.896. The van der Waals surface area contributed by atoms with Crippen LogP contribution in [0.15, 0.2) is 72.3 Å². The number of likely N-dealkylation sites (tertiary alicyclic amines) is 1. The van der Waals surface area contributed by atoms with Crippen LogP contribution in [0.2, 0.25) is 0 Å². The zero-order valence-electron chi connectivity index (χ0n) is 25.6. The van der Waals surface area contributed by atoms with Gasteiger partial charge in [0.1, 0.15) is 19.8 Å². The van der Waals surface area contributed by atoms with Gasteiger partial charge in [-0.25, -0.2) is 0 Å². The highest BCUT2D eigenvalue weighted by molar-refractivity contribution is 6.46. The minimum absolute atomic E-state index is 0.0812. The third kappa shape index (κ3) is 6.68. The maximum Gasteiger partial charge on any atom is 0.295 e. The fraction of sp³-hybridized carbons (Fsp3) is 0.371. The SMILES string of the molecule is CCOc1cc(C2/C(=C(\[O-])c3ccc4c(c3)OCCO4)C(=O)C(=O)N2CCC[NH+](CC)CC)ccc1OCc1ccccc1. The molecule has 5 rings (SSSR count). The monoisotopic (exact) mass is 600 g/mol. The lowest BCUT2D eigenvalue weighted by Crippen LogP contribution is -3.11. The zero-order chi connectivity index (χ0) is 31.1. The van der Waals surface area contributed by atoms with Crippen LogP contribution in [0.5, 0.6) is 23.0 Å². The highest BCUT2D eigenvalue weighted by Gasteiger charge is 2.44. The number of hydrogen-bond acceptors (Lipinski definition) is 7. The first-order chi connectivity index (χ1) is 21.4. The fourth-order valence-corrected chi connectivity index (χ4v) is 5.71. The number of rotatable bonds is 13. The molecule has 3 aromatic carbocycles. The summed E-state index contributed by atoms with van der Waals surface area (Å²) in [7, 11) is 0. The van der Waals surface area contributed by atoms with Crippen LogP contribution in [0.4, 0.5) is 0 Å².